The number of anilines is 2. The van der Waals surface area contributed by atoms with Crippen LogP contribution in [0.25, 0.3) is 6.08 Å². The summed E-state index contributed by atoms with van der Waals surface area (Å²) in [6.07, 6.45) is 1.53. The number of carbonyl (C=O) groups excluding carboxylic acids is 3. The highest BCUT2D eigenvalue weighted by molar-refractivity contribution is 8.00. The smallest absolute Gasteiger partial charge is 0.272 e. The van der Waals surface area contributed by atoms with Crippen LogP contribution >= 0.6 is 11.8 Å². The van der Waals surface area contributed by atoms with E-state index in [1.807, 2.05) is 43.3 Å². The zero-order valence-corrected chi connectivity index (χ0v) is 25.6. The molecule has 3 amide bonds. The van der Waals surface area contributed by atoms with Crippen molar-refractivity contribution in [1.82, 2.24) is 5.32 Å². The Bertz CT molecular complexity index is 1630. The number of hydrogen-bond acceptors (Lipinski definition) is 7. The van der Waals surface area contributed by atoms with Crippen molar-refractivity contribution in [2.75, 3.05) is 37.7 Å². The molecule has 0 saturated heterocycles. The largest absolute Gasteiger partial charge is 0.493 e. The van der Waals surface area contributed by atoms with Crippen LogP contribution in [-0.2, 0) is 9.59 Å². The van der Waals surface area contributed by atoms with Crippen LogP contribution in [0.5, 0.6) is 17.2 Å². The molecule has 0 fully saturated rings. The minimum Gasteiger partial charge on any atom is -0.493 e. The zero-order valence-electron chi connectivity index (χ0n) is 24.8. The van der Waals surface area contributed by atoms with E-state index in [1.165, 1.54) is 39.2 Å². The van der Waals surface area contributed by atoms with Crippen LogP contribution < -0.4 is 30.2 Å². The molecule has 10 heteroatoms. The number of rotatable bonds is 12. The van der Waals surface area contributed by atoms with Gasteiger partial charge >= 0.3 is 0 Å². The SMILES string of the molecule is COc1cc(/C=C(\NC(=O)c2ccccc2)C(=O)Nc2ccc(SCC(=O)Nc3ccccc3C)cc2)cc(OC)c1OC. The number of benzene rings is 4. The molecule has 0 aliphatic rings. The van der Waals surface area contributed by atoms with Gasteiger partial charge in [-0.3, -0.25) is 14.4 Å². The molecule has 0 saturated carbocycles. The van der Waals surface area contributed by atoms with Gasteiger partial charge in [0.25, 0.3) is 11.8 Å². The Morgan fingerprint density at radius 3 is 2.02 bits per heavy atom. The molecule has 0 bridgehead atoms. The van der Waals surface area contributed by atoms with Crippen LogP contribution in [0.1, 0.15) is 21.5 Å². The van der Waals surface area contributed by atoms with E-state index in [0.29, 0.717) is 34.1 Å². The molecular weight excluding hydrogens is 578 g/mol. The molecule has 44 heavy (non-hydrogen) atoms. The maximum Gasteiger partial charge on any atom is 0.272 e. The second-order valence-electron chi connectivity index (χ2n) is 9.47. The molecular formula is C34H33N3O6S. The molecule has 0 aliphatic heterocycles. The highest BCUT2D eigenvalue weighted by atomic mass is 32.2. The number of hydrogen-bond donors (Lipinski definition) is 3. The predicted octanol–water partition coefficient (Wildman–Crippen LogP) is 6.16. The summed E-state index contributed by atoms with van der Waals surface area (Å²) in [6.45, 7) is 1.94. The lowest BCUT2D eigenvalue weighted by Gasteiger charge is -2.15. The molecule has 0 unspecified atom stereocenters. The summed E-state index contributed by atoms with van der Waals surface area (Å²) in [5, 5.41) is 8.47. The Kier molecular flexibility index (Phi) is 11.0. The van der Waals surface area contributed by atoms with Gasteiger partial charge in [-0.15, -0.1) is 11.8 Å². The van der Waals surface area contributed by atoms with Crippen LogP contribution in [0, 0.1) is 6.92 Å². The average Bonchev–Trinajstić information content (AvgIpc) is 3.05. The van der Waals surface area contributed by atoms with Crippen molar-refractivity contribution in [3.8, 4) is 17.2 Å². The van der Waals surface area contributed by atoms with Gasteiger partial charge in [0, 0.05) is 21.8 Å². The van der Waals surface area contributed by atoms with Crippen molar-refractivity contribution in [2.24, 2.45) is 0 Å². The summed E-state index contributed by atoms with van der Waals surface area (Å²) < 4.78 is 16.3. The molecule has 0 heterocycles. The Labute approximate surface area is 260 Å². The number of methoxy groups -OCH3 is 3. The number of ether oxygens (including phenoxy) is 3. The maximum atomic E-state index is 13.5. The number of aryl methyl sites for hydroxylation is 1. The Balaban J connectivity index is 1.50. The molecule has 9 nitrogen and oxygen atoms in total. The van der Waals surface area contributed by atoms with Gasteiger partial charge in [0.15, 0.2) is 11.5 Å². The standard InChI is InChI=1S/C34H33N3O6S/c1-22-10-8-9-13-27(22)36-31(38)21-44-26-16-14-25(15-17-26)35-34(40)28(37-33(39)24-11-6-5-7-12-24)18-23-19-29(41-2)32(43-4)30(20-23)42-3/h5-20H,21H2,1-4H3,(H,35,40)(H,36,38)(H,37,39)/b28-18-. The quantitative estimate of drug-likeness (QED) is 0.130. The zero-order chi connectivity index (χ0) is 31.5. The molecule has 0 spiro atoms. The van der Waals surface area contributed by atoms with Crippen molar-refractivity contribution < 1.29 is 28.6 Å². The fraction of sp³-hybridized carbons (Fsp3) is 0.147. The maximum absolute atomic E-state index is 13.5. The first-order chi connectivity index (χ1) is 21.3. The summed E-state index contributed by atoms with van der Waals surface area (Å²) >= 11 is 1.38. The van der Waals surface area contributed by atoms with Gasteiger partial charge < -0.3 is 30.2 Å². The van der Waals surface area contributed by atoms with E-state index in [2.05, 4.69) is 16.0 Å². The molecule has 0 aromatic heterocycles. The first-order valence-corrected chi connectivity index (χ1v) is 14.6. The molecule has 0 aliphatic carbocycles. The predicted molar refractivity (Wildman–Crippen MR) is 174 cm³/mol. The molecule has 3 N–H and O–H groups in total. The first-order valence-electron chi connectivity index (χ1n) is 13.6. The van der Waals surface area contributed by atoms with Gasteiger partial charge in [0.2, 0.25) is 11.7 Å². The third-order valence-corrected chi connectivity index (χ3v) is 7.44. The fourth-order valence-corrected chi connectivity index (χ4v) is 4.87. The summed E-state index contributed by atoms with van der Waals surface area (Å²) in [7, 11) is 4.49. The second kappa shape index (κ2) is 15.3. The minimum absolute atomic E-state index is 0.000506. The van der Waals surface area contributed by atoms with E-state index < -0.39 is 11.8 Å². The summed E-state index contributed by atoms with van der Waals surface area (Å²) in [4.78, 5) is 39.8. The van der Waals surface area contributed by atoms with Crippen LogP contribution in [0.4, 0.5) is 11.4 Å². The van der Waals surface area contributed by atoms with E-state index in [4.69, 9.17) is 14.2 Å². The third kappa shape index (κ3) is 8.42. The summed E-state index contributed by atoms with van der Waals surface area (Å²) in [5.74, 6) is 0.319. The molecule has 4 rings (SSSR count). The summed E-state index contributed by atoms with van der Waals surface area (Å²) in [5.41, 5.74) is 3.21. The van der Waals surface area contributed by atoms with Gasteiger partial charge in [-0.05, 0) is 78.7 Å². The van der Waals surface area contributed by atoms with Gasteiger partial charge in [0.1, 0.15) is 5.70 Å². The van der Waals surface area contributed by atoms with Crippen LogP contribution in [0.2, 0.25) is 0 Å². The molecule has 4 aromatic carbocycles. The van der Waals surface area contributed by atoms with E-state index in [-0.39, 0.29) is 17.4 Å². The van der Waals surface area contributed by atoms with Gasteiger partial charge in [-0.2, -0.15) is 0 Å². The minimum atomic E-state index is -0.541. The fourth-order valence-electron chi connectivity index (χ4n) is 4.18. The lowest BCUT2D eigenvalue weighted by atomic mass is 10.1. The number of thioether (sulfide) groups is 1. The van der Waals surface area contributed by atoms with Gasteiger partial charge in [-0.25, -0.2) is 0 Å². The van der Waals surface area contributed by atoms with E-state index in [9.17, 15) is 14.4 Å². The number of para-hydroxylation sites is 1. The normalized spacial score (nSPS) is 10.9. The number of amides is 3. The molecule has 0 radical (unpaired) electrons. The summed E-state index contributed by atoms with van der Waals surface area (Å²) in [6, 6.07) is 26.6. The van der Waals surface area contributed by atoms with Crippen molar-refractivity contribution >= 4 is 46.9 Å². The Hall–Kier alpha value is -5.22. The van der Waals surface area contributed by atoms with Crippen LogP contribution in [0.3, 0.4) is 0 Å². The molecule has 0 atom stereocenters. The number of nitrogens with one attached hydrogen (secondary N) is 3. The molecule has 226 valence electrons. The molecule has 4 aromatic rings. The van der Waals surface area contributed by atoms with Crippen molar-refractivity contribution in [1.29, 1.82) is 0 Å². The van der Waals surface area contributed by atoms with Gasteiger partial charge in [0.05, 0.1) is 27.1 Å². The second-order valence-corrected chi connectivity index (χ2v) is 10.5. The van der Waals surface area contributed by atoms with Crippen molar-refractivity contribution in [3.05, 3.63) is 113 Å². The highest BCUT2D eigenvalue weighted by Gasteiger charge is 2.18. The highest BCUT2D eigenvalue weighted by Crippen LogP contribution is 2.38. The van der Waals surface area contributed by atoms with Crippen LogP contribution in [-0.4, -0.2) is 44.8 Å². The van der Waals surface area contributed by atoms with Crippen molar-refractivity contribution in [3.63, 3.8) is 0 Å². The average molecular weight is 612 g/mol. The topological polar surface area (TPSA) is 115 Å². The van der Waals surface area contributed by atoms with Crippen molar-refractivity contribution in [2.45, 2.75) is 11.8 Å². The van der Waals surface area contributed by atoms with Crippen LogP contribution in [0.15, 0.2) is 102 Å². The van der Waals surface area contributed by atoms with E-state index >= 15 is 0 Å². The van der Waals surface area contributed by atoms with Gasteiger partial charge in [-0.1, -0.05) is 36.4 Å². The first kappa shape index (κ1) is 31.7. The third-order valence-electron chi connectivity index (χ3n) is 6.43. The lowest BCUT2D eigenvalue weighted by Crippen LogP contribution is -2.30. The van der Waals surface area contributed by atoms with E-state index in [0.717, 1.165) is 16.1 Å². The Morgan fingerprint density at radius 1 is 0.773 bits per heavy atom. The lowest BCUT2D eigenvalue weighted by molar-refractivity contribution is -0.114. The monoisotopic (exact) mass is 611 g/mol. The Morgan fingerprint density at radius 2 is 1.41 bits per heavy atom. The van der Waals surface area contributed by atoms with E-state index in [1.54, 1.807) is 54.6 Å². The number of carbonyl (C=O) groups is 3.